The second-order valence-corrected chi connectivity index (χ2v) is 5.30. The number of hydrogen-bond acceptors (Lipinski definition) is 3. The average Bonchev–Trinajstić information content (AvgIpc) is 2.32. The molecule has 0 aliphatic heterocycles. The summed E-state index contributed by atoms with van der Waals surface area (Å²) in [6.07, 6.45) is 0.450. The zero-order valence-electron chi connectivity index (χ0n) is 10.1. The van der Waals surface area contributed by atoms with Crippen LogP contribution in [0.4, 0.5) is 8.78 Å². The molecule has 0 fully saturated rings. The van der Waals surface area contributed by atoms with Crippen molar-refractivity contribution in [3.05, 3.63) is 28.8 Å². The van der Waals surface area contributed by atoms with Gasteiger partial charge in [-0.05, 0) is 24.6 Å². The number of benzene rings is 1. The highest BCUT2D eigenvalue weighted by Gasteiger charge is 2.17. The summed E-state index contributed by atoms with van der Waals surface area (Å²) in [6.45, 7) is -1.17. The standard InChI is InChI=1S/C12H13ClF2O3S/c1-2-10(11(16)17)19-6-7-5-8(13)3-4-9(7)18-12(14)15/h3-5,10,12H,2,6H2,1H3,(H,16,17). The van der Waals surface area contributed by atoms with E-state index in [2.05, 4.69) is 4.74 Å². The molecule has 1 rings (SSSR count). The number of rotatable bonds is 7. The normalized spacial score (nSPS) is 12.5. The van der Waals surface area contributed by atoms with Gasteiger partial charge in [-0.2, -0.15) is 8.78 Å². The van der Waals surface area contributed by atoms with Crippen LogP contribution in [0.3, 0.4) is 0 Å². The van der Waals surface area contributed by atoms with Gasteiger partial charge in [-0.25, -0.2) is 0 Å². The van der Waals surface area contributed by atoms with Crippen molar-refractivity contribution in [1.29, 1.82) is 0 Å². The van der Waals surface area contributed by atoms with E-state index in [1.165, 1.54) is 18.2 Å². The lowest BCUT2D eigenvalue weighted by Gasteiger charge is -2.13. The summed E-state index contributed by atoms with van der Waals surface area (Å²) in [7, 11) is 0. The maximum absolute atomic E-state index is 12.2. The molecule has 0 saturated heterocycles. The van der Waals surface area contributed by atoms with E-state index >= 15 is 0 Å². The number of thioether (sulfide) groups is 1. The number of hydrogen-bond donors (Lipinski definition) is 1. The molecule has 0 heterocycles. The van der Waals surface area contributed by atoms with Crippen molar-refractivity contribution in [3.63, 3.8) is 0 Å². The topological polar surface area (TPSA) is 46.5 Å². The van der Waals surface area contributed by atoms with Crippen LogP contribution in [-0.4, -0.2) is 22.9 Å². The van der Waals surface area contributed by atoms with Gasteiger partial charge in [0.15, 0.2) is 0 Å². The number of aliphatic carboxylic acids is 1. The van der Waals surface area contributed by atoms with Gasteiger partial charge < -0.3 is 9.84 Å². The first-order valence-electron chi connectivity index (χ1n) is 5.51. The molecule has 1 atom stereocenters. The SMILES string of the molecule is CCC(SCc1cc(Cl)ccc1OC(F)F)C(=O)O. The molecule has 106 valence electrons. The van der Waals surface area contributed by atoms with Crippen molar-refractivity contribution in [2.75, 3.05) is 0 Å². The Morgan fingerprint density at radius 1 is 1.53 bits per heavy atom. The number of halogens is 3. The summed E-state index contributed by atoms with van der Waals surface area (Å²) < 4.78 is 28.9. The fraction of sp³-hybridized carbons (Fsp3) is 0.417. The smallest absolute Gasteiger partial charge is 0.387 e. The zero-order chi connectivity index (χ0) is 14.4. The first-order valence-corrected chi connectivity index (χ1v) is 6.94. The van der Waals surface area contributed by atoms with Crippen molar-refractivity contribution in [2.45, 2.75) is 31.0 Å². The molecule has 1 unspecified atom stereocenters. The lowest BCUT2D eigenvalue weighted by molar-refractivity contribution is -0.136. The Hall–Kier alpha value is -1.01. The van der Waals surface area contributed by atoms with Crippen LogP contribution in [0, 0.1) is 0 Å². The molecule has 1 N–H and O–H groups in total. The Labute approximate surface area is 118 Å². The van der Waals surface area contributed by atoms with Crippen LogP contribution in [-0.2, 0) is 10.5 Å². The summed E-state index contributed by atoms with van der Waals surface area (Å²) in [4.78, 5) is 10.9. The number of alkyl halides is 2. The van der Waals surface area contributed by atoms with Crippen molar-refractivity contribution >= 4 is 29.3 Å². The summed E-state index contributed by atoms with van der Waals surface area (Å²) >= 11 is 6.95. The van der Waals surface area contributed by atoms with Gasteiger partial charge in [0.25, 0.3) is 0 Å². The van der Waals surface area contributed by atoms with Crippen molar-refractivity contribution in [3.8, 4) is 5.75 Å². The number of ether oxygens (including phenoxy) is 1. The first kappa shape index (κ1) is 16.0. The average molecular weight is 311 g/mol. The van der Waals surface area contributed by atoms with E-state index in [9.17, 15) is 13.6 Å². The minimum Gasteiger partial charge on any atom is -0.480 e. The van der Waals surface area contributed by atoms with Gasteiger partial charge >= 0.3 is 12.6 Å². The number of carboxylic acid groups (broad SMARTS) is 1. The van der Waals surface area contributed by atoms with E-state index in [1.54, 1.807) is 6.92 Å². The molecule has 0 radical (unpaired) electrons. The van der Waals surface area contributed by atoms with Gasteiger partial charge in [0.2, 0.25) is 0 Å². The number of carboxylic acids is 1. The van der Waals surface area contributed by atoms with Gasteiger partial charge in [0.1, 0.15) is 11.0 Å². The molecule has 7 heteroatoms. The van der Waals surface area contributed by atoms with Crippen LogP contribution in [0.2, 0.25) is 5.02 Å². The summed E-state index contributed by atoms with van der Waals surface area (Å²) in [5.74, 6) is -0.661. The Morgan fingerprint density at radius 3 is 2.74 bits per heavy atom. The lowest BCUT2D eigenvalue weighted by atomic mass is 10.2. The highest BCUT2D eigenvalue weighted by atomic mass is 35.5. The second kappa shape index (κ2) is 7.55. The molecule has 0 saturated carbocycles. The number of carbonyl (C=O) groups is 1. The van der Waals surface area contributed by atoms with Crippen LogP contribution >= 0.6 is 23.4 Å². The lowest BCUT2D eigenvalue weighted by Crippen LogP contribution is -2.15. The molecule has 0 bridgehead atoms. The van der Waals surface area contributed by atoms with Crippen LogP contribution in [0.1, 0.15) is 18.9 Å². The molecule has 0 aliphatic rings. The van der Waals surface area contributed by atoms with Gasteiger partial charge in [0.05, 0.1) is 0 Å². The minimum atomic E-state index is -2.92. The Morgan fingerprint density at radius 2 is 2.21 bits per heavy atom. The summed E-state index contributed by atoms with van der Waals surface area (Å²) in [5, 5.41) is 8.73. The van der Waals surface area contributed by atoms with Crippen LogP contribution in [0.15, 0.2) is 18.2 Å². The predicted octanol–water partition coefficient (Wildman–Crippen LogP) is 4.04. The van der Waals surface area contributed by atoms with E-state index in [4.69, 9.17) is 16.7 Å². The molecule has 0 aliphatic carbocycles. The Balaban J connectivity index is 2.80. The predicted molar refractivity (Wildman–Crippen MR) is 71.1 cm³/mol. The van der Waals surface area contributed by atoms with Gasteiger partial charge in [-0.15, -0.1) is 11.8 Å². The first-order chi connectivity index (χ1) is 8.93. The van der Waals surface area contributed by atoms with Gasteiger partial charge in [-0.3, -0.25) is 4.79 Å². The maximum Gasteiger partial charge on any atom is 0.387 e. The molecule has 1 aromatic carbocycles. The van der Waals surface area contributed by atoms with Crippen molar-refractivity contribution < 1.29 is 23.4 Å². The largest absolute Gasteiger partial charge is 0.480 e. The fourth-order valence-corrected chi connectivity index (χ4v) is 2.61. The quantitative estimate of drug-likeness (QED) is 0.825. The van der Waals surface area contributed by atoms with Crippen LogP contribution < -0.4 is 4.74 Å². The van der Waals surface area contributed by atoms with Gasteiger partial charge in [0, 0.05) is 16.3 Å². The molecule has 0 spiro atoms. The van der Waals surface area contributed by atoms with Crippen molar-refractivity contribution in [1.82, 2.24) is 0 Å². The summed E-state index contributed by atoms with van der Waals surface area (Å²) in [5.41, 5.74) is 0.456. The highest BCUT2D eigenvalue weighted by molar-refractivity contribution is 7.99. The molecular formula is C12H13ClF2O3S. The van der Waals surface area contributed by atoms with E-state index in [-0.39, 0.29) is 11.5 Å². The Bertz CT molecular complexity index is 443. The highest BCUT2D eigenvalue weighted by Crippen LogP contribution is 2.30. The Kier molecular flexibility index (Phi) is 6.37. The molecule has 0 aromatic heterocycles. The third-order valence-corrected chi connectivity index (χ3v) is 3.97. The maximum atomic E-state index is 12.2. The minimum absolute atomic E-state index is 0.0205. The van der Waals surface area contributed by atoms with Crippen molar-refractivity contribution in [2.24, 2.45) is 0 Å². The van der Waals surface area contributed by atoms with Crippen LogP contribution in [0.5, 0.6) is 5.75 Å². The fourth-order valence-electron chi connectivity index (χ4n) is 1.43. The van der Waals surface area contributed by atoms with E-state index in [0.29, 0.717) is 17.0 Å². The van der Waals surface area contributed by atoms with E-state index in [1.807, 2.05) is 0 Å². The summed E-state index contributed by atoms with van der Waals surface area (Å²) in [6, 6.07) is 4.30. The van der Waals surface area contributed by atoms with E-state index in [0.717, 1.165) is 11.8 Å². The molecule has 1 aromatic rings. The zero-order valence-corrected chi connectivity index (χ0v) is 11.7. The molecule has 0 amide bonds. The molecule has 3 nitrogen and oxygen atoms in total. The van der Waals surface area contributed by atoms with E-state index < -0.39 is 17.8 Å². The third kappa shape index (κ3) is 5.24. The van der Waals surface area contributed by atoms with Crippen LogP contribution in [0.25, 0.3) is 0 Å². The molecular weight excluding hydrogens is 298 g/mol. The third-order valence-electron chi connectivity index (χ3n) is 2.32. The monoisotopic (exact) mass is 310 g/mol. The van der Waals surface area contributed by atoms with Gasteiger partial charge in [-0.1, -0.05) is 18.5 Å². The molecule has 19 heavy (non-hydrogen) atoms. The second-order valence-electron chi connectivity index (χ2n) is 3.68.